The van der Waals surface area contributed by atoms with Gasteiger partial charge in [-0.15, -0.1) is 5.54 Å². The largest absolute Gasteiger partial charge is 1.00 e. The smallest absolute Gasteiger partial charge is 0.651 e. The summed E-state index contributed by atoms with van der Waals surface area (Å²) in [5, 5.41) is 4.27. The Bertz CT molecular complexity index is 165. The Hall–Kier alpha value is 1.44. The van der Waals surface area contributed by atoms with Gasteiger partial charge in [-0.3, -0.25) is 0 Å². The molecule has 2 nitrogen and oxygen atoms in total. The zero-order valence-electron chi connectivity index (χ0n) is 10.1. The van der Waals surface area contributed by atoms with Crippen LogP contribution in [0.1, 0.15) is 41.5 Å². The number of Topliss-reactive ketones (excluding diaryl/α,β-unsaturated/α-hetero) is 1. The van der Waals surface area contributed by atoms with Gasteiger partial charge >= 0.3 is 58.2 Å². The van der Waals surface area contributed by atoms with Crippen LogP contribution in [0.4, 0.5) is 0 Å². The number of hydrogen-bond acceptors (Lipinski definition) is 1. The van der Waals surface area contributed by atoms with Crippen molar-refractivity contribution in [2.75, 3.05) is 6.54 Å². The van der Waals surface area contributed by atoms with Crippen molar-refractivity contribution in [2.45, 2.75) is 47.1 Å². The third kappa shape index (κ3) is 9.73. The second-order valence-electron chi connectivity index (χ2n) is 5.16. The summed E-state index contributed by atoms with van der Waals surface area (Å²) in [4.78, 5) is 11.4. The average Bonchev–Trinajstić information content (AvgIpc) is 1.78. The molecule has 0 unspecified atom stereocenters. The van der Waals surface area contributed by atoms with Crippen molar-refractivity contribution in [1.29, 1.82) is 0 Å². The molecule has 0 bridgehead atoms. The van der Waals surface area contributed by atoms with E-state index in [9.17, 15) is 4.79 Å². The Kier molecular flexibility index (Phi) is 7.92. The first-order valence-electron chi connectivity index (χ1n) is 4.35. The van der Waals surface area contributed by atoms with Crippen molar-refractivity contribution in [3.8, 4) is 0 Å². The summed E-state index contributed by atoms with van der Waals surface area (Å²) >= 11 is 0. The molecule has 0 rings (SSSR count). The predicted molar refractivity (Wildman–Crippen MR) is 52.4 cm³/mol. The minimum absolute atomic E-state index is 0. The van der Waals surface area contributed by atoms with E-state index in [2.05, 4.69) is 5.32 Å². The normalized spacial score (nSPS) is 12.2. The standard InChI is InChI=1S/C10H20NO.Rb/c1-9(2,3)8(12)7-11-10(4,5)6;/h7H2,1-6H3;/q-1;+1. The number of rotatable bonds is 2. The maximum absolute atomic E-state index is 11.4. The van der Waals surface area contributed by atoms with Crippen LogP contribution < -0.4 is 58.2 Å². The molecule has 0 N–H and O–H groups in total. The first-order chi connectivity index (χ1) is 5.13. The van der Waals surface area contributed by atoms with E-state index < -0.39 is 0 Å². The molecule has 0 aromatic heterocycles. The second-order valence-corrected chi connectivity index (χ2v) is 5.16. The molecule has 0 saturated heterocycles. The van der Waals surface area contributed by atoms with Crippen LogP contribution in [0.15, 0.2) is 0 Å². The topological polar surface area (TPSA) is 31.2 Å². The Morgan fingerprint density at radius 2 is 1.46 bits per heavy atom. The Labute approximate surface area is 131 Å². The van der Waals surface area contributed by atoms with E-state index in [1.165, 1.54) is 0 Å². The fourth-order valence-electron chi connectivity index (χ4n) is 0.546. The number of ketones is 1. The van der Waals surface area contributed by atoms with E-state index in [1.54, 1.807) is 0 Å². The summed E-state index contributed by atoms with van der Waals surface area (Å²) < 4.78 is 0. The molecule has 0 atom stereocenters. The average molecular weight is 256 g/mol. The third-order valence-corrected chi connectivity index (χ3v) is 1.53. The van der Waals surface area contributed by atoms with E-state index >= 15 is 0 Å². The van der Waals surface area contributed by atoms with E-state index in [1.807, 2.05) is 41.5 Å². The summed E-state index contributed by atoms with van der Waals surface area (Å²) in [6, 6.07) is 0. The molecule has 0 heterocycles. The molecule has 0 aliphatic rings. The first kappa shape index (κ1) is 16.9. The zero-order valence-corrected chi connectivity index (χ0v) is 15.0. The zero-order chi connectivity index (χ0) is 9.99. The molecule has 0 amide bonds. The van der Waals surface area contributed by atoms with Crippen molar-refractivity contribution in [3.05, 3.63) is 5.32 Å². The Balaban J connectivity index is 0. The minimum atomic E-state index is -0.255. The molecule has 0 aliphatic heterocycles. The predicted octanol–water partition coefficient (Wildman–Crippen LogP) is -0.222. The fraction of sp³-hybridized carbons (Fsp3) is 0.900. The second kappa shape index (κ2) is 6.11. The van der Waals surface area contributed by atoms with Crippen LogP contribution in [0.3, 0.4) is 0 Å². The molecule has 0 radical (unpaired) electrons. The summed E-state index contributed by atoms with van der Waals surface area (Å²) in [5.41, 5.74) is -0.352. The van der Waals surface area contributed by atoms with Gasteiger partial charge in [-0.25, -0.2) is 0 Å². The molecule has 3 heteroatoms. The van der Waals surface area contributed by atoms with Gasteiger partial charge in [-0.2, -0.15) is 0 Å². The molecule has 0 aliphatic carbocycles. The van der Waals surface area contributed by atoms with Gasteiger partial charge in [0.15, 0.2) is 0 Å². The molecule has 13 heavy (non-hydrogen) atoms. The Morgan fingerprint density at radius 1 is 1.08 bits per heavy atom. The number of hydrogen-bond donors (Lipinski definition) is 0. The summed E-state index contributed by atoms with van der Waals surface area (Å²) in [6.45, 7) is 12.1. The maximum atomic E-state index is 11.4. The molecular weight excluding hydrogens is 236 g/mol. The van der Waals surface area contributed by atoms with E-state index in [4.69, 9.17) is 0 Å². The van der Waals surface area contributed by atoms with Crippen LogP contribution in [0.2, 0.25) is 0 Å². The maximum Gasteiger partial charge on any atom is 1.00 e. The van der Waals surface area contributed by atoms with Crippen LogP contribution in [0.5, 0.6) is 0 Å². The molecule has 0 aromatic carbocycles. The molecule has 0 fully saturated rings. The monoisotopic (exact) mass is 255 g/mol. The fourth-order valence-corrected chi connectivity index (χ4v) is 0.546. The third-order valence-electron chi connectivity index (χ3n) is 1.53. The van der Waals surface area contributed by atoms with Crippen LogP contribution in [-0.4, -0.2) is 17.9 Å². The molecule has 0 aromatic rings. The molecule has 0 spiro atoms. The van der Waals surface area contributed by atoms with Gasteiger partial charge in [0.05, 0.1) is 0 Å². The van der Waals surface area contributed by atoms with Crippen LogP contribution in [-0.2, 0) is 4.79 Å². The van der Waals surface area contributed by atoms with Gasteiger partial charge < -0.3 is 10.1 Å². The summed E-state index contributed by atoms with van der Waals surface area (Å²) in [7, 11) is 0. The summed E-state index contributed by atoms with van der Waals surface area (Å²) in [5.74, 6) is 0.206. The molecule has 0 saturated carbocycles. The number of carbonyl (C=O) groups excluding carboxylic acids is 1. The quantitative estimate of drug-likeness (QED) is 0.671. The van der Waals surface area contributed by atoms with Gasteiger partial charge in [-0.05, 0) is 0 Å². The van der Waals surface area contributed by atoms with E-state index in [-0.39, 0.29) is 74.9 Å². The Morgan fingerprint density at radius 3 is 1.69 bits per heavy atom. The molecular formula is C10H20NORb. The minimum Gasteiger partial charge on any atom is -0.651 e. The van der Waals surface area contributed by atoms with E-state index in [0.29, 0.717) is 6.54 Å². The summed E-state index contributed by atoms with van der Waals surface area (Å²) in [6.07, 6.45) is 0. The van der Waals surface area contributed by atoms with Gasteiger partial charge in [0.2, 0.25) is 0 Å². The molecule has 72 valence electrons. The number of carbonyl (C=O) groups is 1. The van der Waals surface area contributed by atoms with Gasteiger partial charge in [0.1, 0.15) is 5.78 Å². The van der Waals surface area contributed by atoms with Gasteiger partial charge in [-0.1, -0.05) is 48.1 Å². The number of nitrogens with zero attached hydrogens (tertiary/aromatic N) is 1. The van der Waals surface area contributed by atoms with Crippen LogP contribution in [0, 0.1) is 5.41 Å². The van der Waals surface area contributed by atoms with Crippen LogP contribution in [0.25, 0.3) is 5.32 Å². The van der Waals surface area contributed by atoms with Gasteiger partial charge in [0.25, 0.3) is 0 Å². The van der Waals surface area contributed by atoms with E-state index in [0.717, 1.165) is 0 Å². The SMILES string of the molecule is CC(C)(C)[N-]CC(=O)C(C)(C)C.[Rb+]. The van der Waals surface area contributed by atoms with Crippen molar-refractivity contribution in [2.24, 2.45) is 5.41 Å². The van der Waals surface area contributed by atoms with Crippen molar-refractivity contribution >= 4 is 5.78 Å². The van der Waals surface area contributed by atoms with Crippen molar-refractivity contribution in [3.63, 3.8) is 0 Å². The van der Waals surface area contributed by atoms with Crippen LogP contribution >= 0.6 is 0 Å². The van der Waals surface area contributed by atoms with Gasteiger partial charge in [0, 0.05) is 5.41 Å². The van der Waals surface area contributed by atoms with Crippen molar-refractivity contribution in [1.82, 2.24) is 0 Å². The first-order valence-corrected chi connectivity index (χ1v) is 4.35. The van der Waals surface area contributed by atoms with Crippen molar-refractivity contribution < 1.29 is 63.0 Å².